The maximum atomic E-state index is 12.8. The van der Waals surface area contributed by atoms with Crippen LogP contribution in [0, 0.1) is 6.92 Å². The van der Waals surface area contributed by atoms with Crippen LogP contribution in [-0.4, -0.2) is 40.7 Å². The molecule has 0 saturated heterocycles. The summed E-state index contributed by atoms with van der Waals surface area (Å²) in [5, 5.41) is 7.75. The van der Waals surface area contributed by atoms with Crippen LogP contribution in [0.3, 0.4) is 0 Å². The molecule has 29 heavy (non-hydrogen) atoms. The molecule has 5 heteroatoms. The summed E-state index contributed by atoms with van der Waals surface area (Å²) in [6, 6.07) is 18.7. The van der Waals surface area contributed by atoms with Gasteiger partial charge in [0.05, 0.1) is 5.69 Å². The molecule has 0 radical (unpaired) electrons. The first-order chi connectivity index (χ1) is 14.1. The fourth-order valence-electron chi connectivity index (χ4n) is 3.94. The largest absolute Gasteiger partial charge is 0.349 e. The van der Waals surface area contributed by atoms with Crippen LogP contribution in [0.4, 0.5) is 0 Å². The second-order valence-electron chi connectivity index (χ2n) is 7.85. The van der Waals surface area contributed by atoms with Crippen LogP contribution in [0.15, 0.2) is 54.6 Å². The summed E-state index contributed by atoms with van der Waals surface area (Å²) in [7, 11) is 2.07. The number of carbonyl (C=O) groups is 1. The molecule has 0 spiro atoms. The van der Waals surface area contributed by atoms with Crippen molar-refractivity contribution in [3.8, 4) is 5.69 Å². The van der Waals surface area contributed by atoms with Gasteiger partial charge in [0, 0.05) is 30.9 Å². The zero-order chi connectivity index (χ0) is 20.2. The number of aromatic nitrogens is 2. The van der Waals surface area contributed by atoms with Crippen molar-refractivity contribution in [1.82, 2.24) is 20.0 Å². The standard InChI is InChI=1S/C24H28N4O/c1-18-11-13-20(14-12-18)28-22-10-6-9-21(22)23(26-28)24(29)25-15-16-27(2)17-19-7-4-3-5-8-19/h3-5,7-8,11-14H,6,9-10,15-17H2,1-2H3,(H,25,29). The first kappa shape index (κ1) is 19.4. The summed E-state index contributed by atoms with van der Waals surface area (Å²) in [4.78, 5) is 15.1. The Morgan fingerprint density at radius 1 is 1.10 bits per heavy atom. The molecule has 1 heterocycles. The Labute approximate surface area is 172 Å². The van der Waals surface area contributed by atoms with Crippen LogP contribution >= 0.6 is 0 Å². The summed E-state index contributed by atoms with van der Waals surface area (Å²) >= 11 is 0. The molecule has 0 saturated carbocycles. The Morgan fingerprint density at radius 2 is 1.86 bits per heavy atom. The van der Waals surface area contributed by atoms with E-state index in [1.165, 1.54) is 16.8 Å². The first-order valence-corrected chi connectivity index (χ1v) is 10.3. The minimum atomic E-state index is -0.0675. The highest BCUT2D eigenvalue weighted by Gasteiger charge is 2.26. The molecule has 1 aliphatic carbocycles. The van der Waals surface area contributed by atoms with E-state index in [4.69, 9.17) is 0 Å². The van der Waals surface area contributed by atoms with Gasteiger partial charge in [-0.15, -0.1) is 0 Å². The first-order valence-electron chi connectivity index (χ1n) is 10.3. The molecular weight excluding hydrogens is 360 g/mol. The van der Waals surface area contributed by atoms with Crippen molar-refractivity contribution in [3.05, 3.63) is 82.7 Å². The van der Waals surface area contributed by atoms with Gasteiger partial charge in [-0.25, -0.2) is 4.68 Å². The van der Waals surface area contributed by atoms with Crippen molar-refractivity contribution in [2.24, 2.45) is 0 Å². The van der Waals surface area contributed by atoms with E-state index in [0.717, 1.165) is 43.6 Å². The molecule has 5 nitrogen and oxygen atoms in total. The summed E-state index contributed by atoms with van der Waals surface area (Å²) in [6.45, 7) is 4.34. The van der Waals surface area contributed by atoms with Crippen LogP contribution in [-0.2, 0) is 19.4 Å². The van der Waals surface area contributed by atoms with Gasteiger partial charge in [0.2, 0.25) is 0 Å². The lowest BCUT2D eigenvalue weighted by atomic mass is 10.2. The predicted octanol–water partition coefficient (Wildman–Crippen LogP) is 3.53. The lowest BCUT2D eigenvalue weighted by molar-refractivity contribution is 0.0943. The van der Waals surface area contributed by atoms with Gasteiger partial charge in [0.1, 0.15) is 0 Å². The summed E-state index contributed by atoms with van der Waals surface area (Å²) in [6.07, 6.45) is 2.99. The average molecular weight is 389 g/mol. The van der Waals surface area contributed by atoms with Gasteiger partial charge in [0.15, 0.2) is 5.69 Å². The molecule has 0 fully saturated rings. The number of fused-ring (bicyclic) bond motifs is 1. The van der Waals surface area contributed by atoms with E-state index in [1.54, 1.807) is 0 Å². The minimum absolute atomic E-state index is 0.0675. The van der Waals surface area contributed by atoms with Gasteiger partial charge in [-0.1, -0.05) is 48.0 Å². The summed E-state index contributed by atoms with van der Waals surface area (Å²) in [5.41, 5.74) is 6.39. The molecule has 0 aliphatic heterocycles. The molecule has 0 atom stereocenters. The molecule has 150 valence electrons. The third kappa shape index (κ3) is 4.40. The van der Waals surface area contributed by atoms with E-state index in [1.807, 2.05) is 10.7 Å². The van der Waals surface area contributed by atoms with Crippen molar-refractivity contribution >= 4 is 5.91 Å². The smallest absolute Gasteiger partial charge is 0.272 e. The van der Waals surface area contributed by atoms with Crippen LogP contribution in [0.25, 0.3) is 5.69 Å². The number of benzene rings is 2. The number of carbonyl (C=O) groups excluding carboxylic acids is 1. The quantitative estimate of drug-likeness (QED) is 0.674. The van der Waals surface area contributed by atoms with Crippen molar-refractivity contribution in [2.75, 3.05) is 20.1 Å². The molecule has 3 aromatic rings. The van der Waals surface area contributed by atoms with Crippen LogP contribution in [0.1, 0.15) is 39.3 Å². The van der Waals surface area contributed by atoms with Gasteiger partial charge in [0.25, 0.3) is 5.91 Å². The number of aryl methyl sites for hydroxylation is 1. The van der Waals surface area contributed by atoms with Crippen molar-refractivity contribution in [2.45, 2.75) is 32.7 Å². The van der Waals surface area contributed by atoms with Crippen LogP contribution in [0.2, 0.25) is 0 Å². The highest BCUT2D eigenvalue weighted by Crippen LogP contribution is 2.27. The number of likely N-dealkylation sites (N-methyl/N-ethyl adjacent to an activating group) is 1. The van der Waals surface area contributed by atoms with Gasteiger partial charge in [-0.3, -0.25) is 4.79 Å². The van der Waals surface area contributed by atoms with Crippen molar-refractivity contribution in [3.63, 3.8) is 0 Å². The number of nitrogens with one attached hydrogen (secondary N) is 1. The molecule has 1 aromatic heterocycles. The normalized spacial score (nSPS) is 12.9. The van der Waals surface area contributed by atoms with E-state index < -0.39 is 0 Å². The lowest BCUT2D eigenvalue weighted by Crippen LogP contribution is -2.33. The molecule has 1 N–H and O–H groups in total. The second kappa shape index (κ2) is 8.62. The van der Waals surface area contributed by atoms with E-state index in [9.17, 15) is 4.79 Å². The third-order valence-corrected chi connectivity index (χ3v) is 5.50. The minimum Gasteiger partial charge on any atom is -0.349 e. The van der Waals surface area contributed by atoms with Crippen LogP contribution in [0.5, 0.6) is 0 Å². The Balaban J connectivity index is 1.40. The molecule has 0 unspecified atom stereocenters. The Morgan fingerprint density at radius 3 is 2.62 bits per heavy atom. The molecule has 0 bridgehead atoms. The maximum Gasteiger partial charge on any atom is 0.272 e. The maximum absolute atomic E-state index is 12.8. The topological polar surface area (TPSA) is 50.2 Å². The fourth-order valence-corrected chi connectivity index (χ4v) is 3.94. The summed E-state index contributed by atoms with van der Waals surface area (Å²) in [5.74, 6) is -0.0675. The van der Waals surface area contributed by atoms with Crippen molar-refractivity contribution in [1.29, 1.82) is 0 Å². The lowest BCUT2D eigenvalue weighted by Gasteiger charge is -2.16. The zero-order valence-electron chi connectivity index (χ0n) is 17.2. The van der Waals surface area contributed by atoms with Gasteiger partial charge in [-0.05, 0) is 50.9 Å². The average Bonchev–Trinajstić information content (AvgIpc) is 3.32. The van der Waals surface area contributed by atoms with E-state index in [-0.39, 0.29) is 5.91 Å². The van der Waals surface area contributed by atoms with Gasteiger partial charge >= 0.3 is 0 Å². The summed E-state index contributed by atoms with van der Waals surface area (Å²) < 4.78 is 1.96. The highest BCUT2D eigenvalue weighted by molar-refractivity contribution is 5.94. The SMILES string of the molecule is Cc1ccc(-n2nc(C(=O)NCCN(C)Cc3ccccc3)c3c2CCC3)cc1. The van der Waals surface area contributed by atoms with Crippen LogP contribution < -0.4 is 5.32 Å². The van der Waals surface area contributed by atoms with Gasteiger partial charge < -0.3 is 10.2 Å². The third-order valence-electron chi connectivity index (χ3n) is 5.50. The molecule has 4 rings (SSSR count). The molecule has 1 aliphatic rings. The zero-order valence-corrected chi connectivity index (χ0v) is 17.2. The number of nitrogens with zero attached hydrogens (tertiary/aromatic N) is 3. The predicted molar refractivity (Wildman–Crippen MR) is 115 cm³/mol. The molecular formula is C24H28N4O. The number of hydrogen-bond donors (Lipinski definition) is 1. The number of amides is 1. The van der Waals surface area contributed by atoms with E-state index >= 15 is 0 Å². The Bertz CT molecular complexity index is 976. The monoisotopic (exact) mass is 388 g/mol. The second-order valence-corrected chi connectivity index (χ2v) is 7.85. The van der Waals surface area contributed by atoms with E-state index in [2.05, 4.69) is 77.8 Å². The number of hydrogen-bond acceptors (Lipinski definition) is 3. The highest BCUT2D eigenvalue weighted by atomic mass is 16.2. The number of rotatable bonds is 7. The van der Waals surface area contributed by atoms with Gasteiger partial charge in [-0.2, -0.15) is 5.10 Å². The fraction of sp³-hybridized carbons (Fsp3) is 0.333. The Kier molecular flexibility index (Phi) is 5.76. The molecule has 1 amide bonds. The van der Waals surface area contributed by atoms with E-state index in [0.29, 0.717) is 12.2 Å². The molecule has 2 aromatic carbocycles. The van der Waals surface area contributed by atoms with Crippen molar-refractivity contribution < 1.29 is 4.79 Å². The Hall–Kier alpha value is -2.92.